The van der Waals surface area contributed by atoms with Gasteiger partial charge in [0.25, 0.3) is 0 Å². The highest BCUT2D eigenvalue weighted by molar-refractivity contribution is 5.76. The van der Waals surface area contributed by atoms with Crippen LogP contribution in [-0.2, 0) is 4.79 Å². The fourth-order valence-corrected chi connectivity index (χ4v) is 5.42. The summed E-state index contributed by atoms with van der Waals surface area (Å²) in [6, 6.07) is -0.525. The van der Waals surface area contributed by atoms with Crippen LogP contribution >= 0.6 is 0 Å². The van der Waals surface area contributed by atoms with Gasteiger partial charge in [-0.3, -0.25) is 4.79 Å². The lowest BCUT2D eigenvalue weighted by Crippen LogP contribution is -2.45. The second kappa shape index (κ2) is 30.9. The zero-order chi connectivity index (χ0) is 27.9. The Kier molecular flexibility index (Phi) is 30.4. The van der Waals surface area contributed by atoms with E-state index in [1.165, 1.54) is 141 Å². The van der Waals surface area contributed by atoms with Crippen molar-refractivity contribution in [1.29, 1.82) is 0 Å². The molecule has 228 valence electrons. The van der Waals surface area contributed by atoms with E-state index in [2.05, 4.69) is 19.2 Å². The maximum atomic E-state index is 12.3. The molecule has 3 N–H and O–H groups in total. The number of hydrogen-bond acceptors (Lipinski definition) is 3. The van der Waals surface area contributed by atoms with Gasteiger partial charge in [0.15, 0.2) is 0 Å². The first-order valence-corrected chi connectivity index (χ1v) is 17.2. The molecule has 0 aliphatic heterocycles. The van der Waals surface area contributed by atoms with Gasteiger partial charge in [-0.2, -0.15) is 0 Å². The first-order valence-electron chi connectivity index (χ1n) is 17.2. The lowest BCUT2D eigenvalue weighted by Gasteiger charge is -2.22. The van der Waals surface area contributed by atoms with Gasteiger partial charge in [0.05, 0.1) is 18.8 Å². The van der Waals surface area contributed by atoms with E-state index >= 15 is 0 Å². The molecule has 0 saturated heterocycles. The van der Waals surface area contributed by atoms with Crippen molar-refractivity contribution in [3.05, 3.63) is 0 Å². The van der Waals surface area contributed by atoms with Gasteiger partial charge < -0.3 is 15.5 Å². The second-order valence-electron chi connectivity index (χ2n) is 11.9. The Balaban J connectivity index is 3.48. The van der Waals surface area contributed by atoms with Crippen molar-refractivity contribution < 1.29 is 15.0 Å². The summed E-state index contributed by atoms with van der Waals surface area (Å²) in [5.41, 5.74) is 0. The number of rotatable bonds is 31. The highest BCUT2D eigenvalue weighted by atomic mass is 16.3. The van der Waals surface area contributed by atoms with Gasteiger partial charge >= 0.3 is 0 Å². The van der Waals surface area contributed by atoms with Gasteiger partial charge in [-0.05, 0) is 12.8 Å². The fraction of sp³-hybridized carbons (Fsp3) is 0.971. The number of aliphatic hydroxyl groups excluding tert-OH is 2. The lowest BCUT2D eigenvalue weighted by atomic mass is 10.0. The van der Waals surface area contributed by atoms with Crippen molar-refractivity contribution in [2.75, 3.05) is 6.61 Å². The zero-order valence-electron chi connectivity index (χ0n) is 26.0. The predicted molar refractivity (Wildman–Crippen MR) is 166 cm³/mol. The Labute approximate surface area is 238 Å². The molecule has 0 spiro atoms. The summed E-state index contributed by atoms with van der Waals surface area (Å²) < 4.78 is 0. The number of amides is 1. The van der Waals surface area contributed by atoms with Gasteiger partial charge in [-0.15, -0.1) is 0 Å². The maximum Gasteiger partial charge on any atom is 0.220 e. The van der Waals surface area contributed by atoms with E-state index in [1.54, 1.807) is 0 Å². The molecule has 0 aliphatic carbocycles. The van der Waals surface area contributed by atoms with Crippen molar-refractivity contribution in [1.82, 2.24) is 5.32 Å². The van der Waals surface area contributed by atoms with Crippen molar-refractivity contribution in [3.8, 4) is 0 Å². The molecule has 0 aromatic heterocycles. The molecular weight excluding hydrogens is 470 g/mol. The summed E-state index contributed by atoms with van der Waals surface area (Å²) in [7, 11) is 0. The number of aliphatic hydroxyl groups is 2. The maximum absolute atomic E-state index is 12.3. The van der Waals surface area contributed by atoms with Crippen molar-refractivity contribution >= 4 is 5.91 Å². The van der Waals surface area contributed by atoms with Crippen LogP contribution in [0.1, 0.15) is 194 Å². The molecule has 38 heavy (non-hydrogen) atoms. The lowest BCUT2D eigenvalue weighted by molar-refractivity contribution is -0.123. The van der Waals surface area contributed by atoms with Crippen molar-refractivity contribution in [3.63, 3.8) is 0 Å². The van der Waals surface area contributed by atoms with Crippen molar-refractivity contribution in [2.24, 2.45) is 0 Å². The van der Waals surface area contributed by atoms with Crippen molar-refractivity contribution in [2.45, 2.75) is 206 Å². The van der Waals surface area contributed by atoms with Crippen LogP contribution in [0.4, 0.5) is 0 Å². The molecule has 0 rings (SSSR count). The van der Waals surface area contributed by atoms with Crippen LogP contribution < -0.4 is 5.32 Å². The SMILES string of the molecule is CCCCCCCCCCCCCCCCCCCCC(=O)NC(CO)C(O)CCCCCCCCCC. The molecule has 0 aromatic carbocycles. The summed E-state index contributed by atoms with van der Waals surface area (Å²) in [5, 5.41) is 22.9. The molecule has 0 heterocycles. The largest absolute Gasteiger partial charge is 0.394 e. The molecule has 0 aromatic rings. The number of hydrogen-bond donors (Lipinski definition) is 3. The van der Waals surface area contributed by atoms with Crippen LogP contribution in [-0.4, -0.2) is 34.9 Å². The highest BCUT2D eigenvalue weighted by Gasteiger charge is 2.19. The van der Waals surface area contributed by atoms with E-state index < -0.39 is 12.1 Å². The quantitative estimate of drug-likeness (QED) is 0.0768. The summed E-state index contributed by atoms with van der Waals surface area (Å²) in [5.74, 6) is -0.0319. The van der Waals surface area contributed by atoms with Gasteiger partial charge in [0.1, 0.15) is 0 Å². The Hall–Kier alpha value is -0.610. The molecule has 0 bridgehead atoms. The van der Waals surface area contributed by atoms with Crippen LogP contribution in [0, 0.1) is 0 Å². The predicted octanol–water partition coefficient (Wildman–Crippen LogP) is 9.79. The van der Waals surface area contributed by atoms with E-state index in [4.69, 9.17) is 0 Å². The standard InChI is InChI=1S/C34H69NO3/c1-3-5-7-9-11-13-14-15-16-17-18-19-20-21-22-24-26-28-30-34(38)35-32(31-36)33(37)29-27-25-23-12-10-8-6-4-2/h32-33,36-37H,3-31H2,1-2H3,(H,35,38). The third-order valence-corrected chi connectivity index (χ3v) is 8.12. The van der Waals surface area contributed by atoms with E-state index in [0.29, 0.717) is 12.8 Å². The van der Waals surface area contributed by atoms with Gasteiger partial charge in [0, 0.05) is 6.42 Å². The Bertz CT molecular complexity index is 471. The molecule has 4 nitrogen and oxygen atoms in total. The number of carbonyl (C=O) groups is 1. The molecule has 2 unspecified atom stereocenters. The van der Waals surface area contributed by atoms with E-state index in [-0.39, 0.29) is 12.5 Å². The van der Waals surface area contributed by atoms with Gasteiger partial charge in [0.2, 0.25) is 5.91 Å². The first-order chi connectivity index (χ1) is 18.7. The Morgan fingerprint density at radius 2 is 0.842 bits per heavy atom. The smallest absolute Gasteiger partial charge is 0.220 e. The minimum atomic E-state index is -0.649. The highest BCUT2D eigenvalue weighted by Crippen LogP contribution is 2.15. The van der Waals surface area contributed by atoms with Crippen LogP contribution in [0.15, 0.2) is 0 Å². The molecule has 0 radical (unpaired) electrons. The average molecular weight is 540 g/mol. The van der Waals surface area contributed by atoms with Crippen LogP contribution in [0.25, 0.3) is 0 Å². The molecule has 4 heteroatoms. The topological polar surface area (TPSA) is 69.6 Å². The average Bonchev–Trinajstić information content (AvgIpc) is 2.92. The molecule has 2 atom stereocenters. The molecule has 0 saturated carbocycles. The van der Waals surface area contributed by atoms with Gasteiger partial charge in [-0.1, -0.05) is 174 Å². The molecular formula is C34H69NO3. The summed E-state index contributed by atoms with van der Waals surface area (Å²) in [6.45, 7) is 4.33. The van der Waals surface area contributed by atoms with E-state index in [1.807, 2.05) is 0 Å². The molecule has 1 amide bonds. The van der Waals surface area contributed by atoms with Crippen LogP contribution in [0.5, 0.6) is 0 Å². The van der Waals surface area contributed by atoms with E-state index in [0.717, 1.165) is 25.7 Å². The van der Waals surface area contributed by atoms with Crippen LogP contribution in [0.2, 0.25) is 0 Å². The summed E-state index contributed by atoms with van der Waals surface area (Å²) in [4.78, 5) is 12.3. The molecule has 0 fully saturated rings. The zero-order valence-corrected chi connectivity index (χ0v) is 26.0. The minimum Gasteiger partial charge on any atom is -0.394 e. The third kappa shape index (κ3) is 27.0. The van der Waals surface area contributed by atoms with Gasteiger partial charge in [-0.25, -0.2) is 0 Å². The second-order valence-corrected chi connectivity index (χ2v) is 11.9. The van der Waals surface area contributed by atoms with Crippen LogP contribution in [0.3, 0.4) is 0 Å². The Morgan fingerprint density at radius 1 is 0.526 bits per heavy atom. The van der Waals surface area contributed by atoms with E-state index in [9.17, 15) is 15.0 Å². The normalized spacial score (nSPS) is 13.1. The number of unbranched alkanes of at least 4 members (excludes halogenated alkanes) is 24. The Morgan fingerprint density at radius 3 is 1.18 bits per heavy atom. The summed E-state index contributed by atoms with van der Waals surface area (Å²) >= 11 is 0. The minimum absolute atomic E-state index is 0.0319. The number of nitrogens with one attached hydrogen (secondary N) is 1. The molecule has 0 aliphatic rings. The monoisotopic (exact) mass is 540 g/mol. The summed E-state index contributed by atoms with van der Waals surface area (Å²) in [6.07, 6.45) is 34.4. The third-order valence-electron chi connectivity index (χ3n) is 8.12. The fourth-order valence-electron chi connectivity index (χ4n) is 5.42. The first kappa shape index (κ1) is 37.4. The number of carbonyl (C=O) groups excluding carboxylic acids is 1.